The zero-order valence-corrected chi connectivity index (χ0v) is 23.7. The third-order valence-corrected chi connectivity index (χ3v) is 7.90. The maximum atomic E-state index is 8.05. The molecule has 4 aromatic carbocycles. The van der Waals surface area contributed by atoms with E-state index in [1.165, 1.54) is 21.2 Å². The normalized spacial score (nSPS) is 14.7. The quantitative estimate of drug-likeness (QED) is 0.223. The number of fused-ring (bicyclic) bond motifs is 4. The first-order chi connectivity index (χ1) is 21.0. The van der Waals surface area contributed by atoms with Crippen LogP contribution >= 0.6 is 0 Å². The molecule has 0 spiro atoms. The molecule has 0 fully saturated rings. The van der Waals surface area contributed by atoms with E-state index in [0.29, 0.717) is 17.2 Å². The maximum Gasteiger partial charge on any atom is 0.137 e. The second-order valence-corrected chi connectivity index (χ2v) is 11.7. The lowest BCUT2D eigenvalue weighted by Gasteiger charge is -2.20. The molecule has 0 aliphatic carbocycles. The van der Waals surface area contributed by atoms with Gasteiger partial charge in [0.25, 0.3) is 0 Å². The van der Waals surface area contributed by atoms with Crippen LogP contribution in [0.2, 0.25) is 0 Å². The van der Waals surface area contributed by atoms with E-state index >= 15 is 0 Å². The lowest BCUT2D eigenvalue weighted by Crippen LogP contribution is -2.23. The molecule has 0 atom stereocenters. The van der Waals surface area contributed by atoms with Gasteiger partial charge in [-0.05, 0) is 72.0 Å². The first-order valence-electron chi connectivity index (χ1n) is 15.4. The molecule has 0 amide bonds. The van der Waals surface area contributed by atoms with Crippen LogP contribution in [0.4, 0.5) is 17.1 Å². The predicted molar refractivity (Wildman–Crippen MR) is 170 cm³/mol. The van der Waals surface area contributed by atoms with Crippen molar-refractivity contribution in [2.45, 2.75) is 33.1 Å². The molecular formula is C36H34N4O. The molecule has 1 aliphatic heterocycles. The number of benzene rings is 4. The second-order valence-electron chi connectivity index (χ2n) is 11.7. The minimum Gasteiger partial charge on any atom is -0.457 e. The molecule has 7 rings (SSSR count). The number of aryl methyl sites for hydroxylation is 1. The van der Waals surface area contributed by atoms with Gasteiger partial charge in [0.2, 0.25) is 0 Å². The smallest absolute Gasteiger partial charge is 0.137 e. The Morgan fingerprint density at radius 3 is 2.44 bits per heavy atom. The van der Waals surface area contributed by atoms with Gasteiger partial charge in [0, 0.05) is 45.9 Å². The minimum absolute atomic E-state index is 0.0119. The first-order valence-corrected chi connectivity index (χ1v) is 13.9. The Hall–Kier alpha value is -4.77. The van der Waals surface area contributed by atoms with Gasteiger partial charge in [-0.3, -0.25) is 4.57 Å². The Kier molecular flexibility index (Phi) is 5.05. The van der Waals surface area contributed by atoms with Crippen LogP contribution < -0.4 is 14.5 Å². The fourth-order valence-electron chi connectivity index (χ4n) is 5.87. The van der Waals surface area contributed by atoms with Crippen molar-refractivity contribution in [3.63, 3.8) is 0 Å². The average Bonchev–Trinajstić information content (AvgIpc) is 3.54. The van der Waals surface area contributed by atoms with Crippen LogP contribution in [0.5, 0.6) is 11.5 Å². The fraction of sp³-hybridized carbons (Fsp3) is 0.194. The SMILES string of the molecule is [2H]C([2H])([2H])N1CN(c2cccc(Oc3cc(C)c4c5ccccc5n(-c5cc(C(C)(C)C)ccn5)c4c3)c2)c2ccccc21. The van der Waals surface area contributed by atoms with E-state index in [1.807, 2.05) is 59.6 Å². The number of nitrogens with zero attached hydrogens (tertiary/aromatic N) is 4. The highest BCUT2D eigenvalue weighted by atomic mass is 16.5. The molecular weight excluding hydrogens is 504 g/mol. The van der Waals surface area contributed by atoms with Gasteiger partial charge in [0.05, 0.1) is 29.1 Å². The molecule has 6 aromatic rings. The first kappa shape index (κ1) is 22.0. The van der Waals surface area contributed by atoms with Gasteiger partial charge in [-0.1, -0.05) is 57.2 Å². The molecule has 1 aliphatic rings. The van der Waals surface area contributed by atoms with Gasteiger partial charge < -0.3 is 14.5 Å². The van der Waals surface area contributed by atoms with E-state index < -0.39 is 6.98 Å². The number of para-hydroxylation sites is 3. The van der Waals surface area contributed by atoms with Crippen molar-refractivity contribution in [1.82, 2.24) is 9.55 Å². The lowest BCUT2D eigenvalue weighted by molar-refractivity contribution is 0.483. The number of hydrogen-bond acceptors (Lipinski definition) is 4. The van der Waals surface area contributed by atoms with Crippen LogP contribution in [0.25, 0.3) is 27.6 Å². The van der Waals surface area contributed by atoms with E-state index in [4.69, 9.17) is 13.8 Å². The van der Waals surface area contributed by atoms with Gasteiger partial charge in [-0.15, -0.1) is 0 Å². The van der Waals surface area contributed by atoms with Crippen molar-refractivity contribution in [2.75, 3.05) is 23.4 Å². The summed E-state index contributed by atoms with van der Waals surface area (Å²) in [6, 6.07) is 32.3. The molecule has 0 saturated carbocycles. The number of hydrogen-bond donors (Lipinski definition) is 0. The van der Waals surface area contributed by atoms with Gasteiger partial charge in [-0.25, -0.2) is 4.98 Å². The van der Waals surface area contributed by atoms with Crippen molar-refractivity contribution in [3.05, 3.63) is 114 Å². The van der Waals surface area contributed by atoms with Crippen molar-refractivity contribution < 1.29 is 8.85 Å². The molecule has 3 heterocycles. The highest BCUT2D eigenvalue weighted by Gasteiger charge is 2.24. The molecule has 0 bridgehead atoms. The molecule has 0 N–H and O–H groups in total. The number of pyridine rings is 1. The number of anilines is 3. The molecule has 2 aromatic heterocycles. The fourth-order valence-corrected chi connectivity index (χ4v) is 5.87. The lowest BCUT2D eigenvalue weighted by atomic mass is 9.88. The summed E-state index contributed by atoms with van der Waals surface area (Å²) in [6.07, 6.45) is 1.89. The summed E-state index contributed by atoms with van der Waals surface area (Å²) in [7, 11) is 0. The van der Waals surface area contributed by atoms with Crippen LogP contribution in [0.3, 0.4) is 0 Å². The van der Waals surface area contributed by atoms with Gasteiger partial charge >= 0.3 is 0 Å². The molecule has 0 radical (unpaired) electrons. The highest BCUT2D eigenvalue weighted by molar-refractivity contribution is 6.11. The monoisotopic (exact) mass is 541 g/mol. The molecule has 41 heavy (non-hydrogen) atoms. The number of ether oxygens (including phenoxy) is 1. The zero-order valence-electron chi connectivity index (χ0n) is 26.7. The second kappa shape index (κ2) is 9.41. The van der Waals surface area contributed by atoms with E-state index in [9.17, 15) is 0 Å². The third kappa shape index (κ3) is 4.29. The van der Waals surface area contributed by atoms with Crippen LogP contribution in [-0.4, -0.2) is 23.2 Å². The molecule has 0 saturated heterocycles. The molecule has 5 nitrogen and oxygen atoms in total. The van der Waals surface area contributed by atoms with E-state index in [0.717, 1.165) is 33.8 Å². The number of aromatic nitrogens is 2. The highest BCUT2D eigenvalue weighted by Crippen LogP contribution is 2.42. The summed E-state index contributed by atoms with van der Waals surface area (Å²) < 4.78 is 32.9. The maximum absolute atomic E-state index is 8.05. The third-order valence-electron chi connectivity index (χ3n) is 7.90. The van der Waals surface area contributed by atoms with Crippen molar-refractivity contribution in [2.24, 2.45) is 0 Å². The Labute approximate surface area is 245 Å². The van der Waals surface area contributed by atoms with Gasteiger partial charge in [0.15, 0.2) is 0 Å². The Morgan fingerprint density at radius 2 is 1.61 bits per heavy atom. The van der Waals surface area contributed by atoms with Crippen LogP contribution in [0.15, 0.2) is 103 Å². The van der Waals surface area contributed by atoms with Crippen LogP contribution in [-0.2, 0) is 5.41 Å². The van der Waals surface area contributed by atoms with Crippen molar-refractivity contribution in [1.29, 1.82) is 0 Å². The van der Waals surface area contributed by atoms with E-state index in [-0.39, 0.29) is 12.1 Å². The molecule has 0 unspecified atom stereocenters. The van der Waals surface area contributed by atoms with Crippen LogP contribution in [0, 0.1) is 6.92 Å². The Balaban J connectivity index is 1.30. The predicted octanol–water partition coefficient (Wildman–Crippen LogP) is 9.12. The largest absolute Gasteiger partial charge is 0.457 e. The summed E-state index contributed by atoms with van der Waals surface area (Å²) in [5, 5.41) is 2.34. The summed E-state index contributed by atoms with van der Waals surface area (Å²) in [6.45, 7) is 6.74. The minimum atomic E-state index is -2.24. The van der Waals surface area contributed by atoms with Crippen molar-refractivity contribution >= 4 is 38.9 Å². The van der Waals surface area contributed by atoms with Crippen molar-refractivity contribution in [3.8, 4) is 17.3 Å². The van der Waals surface area contributed by atoms with Gasteiger partial charge in [-0.2, -0.15) is 0 Å². The zero-order chi connectivity index (χ0) is 30.8. The molecule has 204 valence electrons. The summed E-state index contributed by atoms with van der Waals surface area (Å²) in [5.74, 6) is 2.25. The summed E-state index contributed by atoms with van der Waals surface area (Å²) in [5.41, 5.74) is 6.84. The molecule has 5 heteroatoms. The number of rotatable bonds is 4. The van der Waals surface area contributed by atoms with E-state index in [1.54, 1.807) is 0 Å². The standard InChI is InChI=1S/C36H34N4O/c1-24-19-28(41-27-12-10-11-26(21-27)39-23-38(5)31-15-8-9-16-32(31)39)22-33-35(24)29-13-6-7-14-30(29)40(33)34-20-25(17-18-37-34)36(2,3)4/h6-22H,23H2,1-5H3/i5D3. The summed E-state index contributed by atoms with van der Waals surface area (Å²) >= 11 is 0. The van der Waals surface area contributed by atoms with Crippen LogP contribution in [0.1, 0.15) is 36.0 Å². The van der Waals surface area contributed by atoms with E-state index in [2.05, 4.69) is 80.8 Å². The Bertz CT molecular complexity index is 2040. The van der Waals surface area contributed by atoms with Gasteiger partial charge in [0.1, 0.15) is 17.3 Å². The average molecular weight is 542 g/mol. The Morgan fingerprint density at radius 1 is 0.805 bits per heavy atom. The topological polar surface area (TPSA) is 33.5 Å². The summed E-state index contributed by atoms with van der Waals surface area (Å²) in [4.78, 5) is 8.27.